The van der Waals surface area contributed by atoms with Crippen molar-refractivity contribution in [3.63, 3.8) is 0 Å². The lowest BCUT2D eigenvalue weighted by molar-refractivity contribution is -0.134. The van der Waals surface area contributed by atoms with Crippen LogP contribution in [0.25, 0.3) is 0 Å². The van der Waals surface area contributed by atoms with Crippen molar-refractivity contribution < 1.29 is 14.3 Å². The zero-order valence-corrected chi connectivity index (χ0v) is 18.7. The average molecular weight is 436 g/mol. The molecule has 0 heterocycles. The lowest BCUT2D eigenvalue weighted by Crippen LogP contribution is -2.12. The molecule has 3 rings (SSSR count). The Bertz CT molecular complexity index is 1030. The molecular formula is C26H26ClNO3. The second-order valence-corrected chi connectivity index (χ2v) is 8.84. The third kappa shape index (κ3) is 6.69. The van der Waals surface area contributed by atoms with E-state index in [1.807, 2.05) is 0 Å². The number of carbonyl (C=O) groups is 2. The summed E-state index contributed by atoms with van der Waals surface area (Å²) in [5.74, 6) is -0.145. The summed E-state index contributed by atoms with van der Waals surface area (Å²) >= 11 is 5.85. The maximum Gasteiger partial charge on any atom is 0.311 e. The van der Waals surface area contributed by atoms with Gasteiger partial charge in [-0.1, -0.05) is 56.6 Å². The van der Waals surface area contributed by atoms with Crippen LogP contribution in [-0.2, 0) is 16.6 Å². The number of esters is 1. The monoisotopic (exact) mass is 435 g/mol. The van der Waals surface area contributed by atoms with Crippen molar-refractivity contribution in [1.29, 1.82) is 0 Å². The Hall–Kier alpha value is -3.11. The van der Waals surface area contributed by atoms with Crippen LogP contribution in [0.1, 0.15) is 48.7 Å². The number of rotatable bonds is 6. The first kappa shape index (κ1) is 22.6. The highest BCUT2D eigenvalue weighted by molar-refractivity contribution is 6.30. The van der Waals surface area contributed by atoms with E-state index in [1.165, 1.54) is 5.56 Å². The van der Waals surface area contributed by atoms with Gasteiger partial charge in [0.15, 0.2) is 0 Å². The van der Waals surface area contributed by atoms with Crippen LogP contribution < -0.4 is 10.1 Å². The van der Waals surface area contributed by atoms with Gasteiger partial charge in [0.1, 0.15) is 5.75 Å². The Morgan fingerprint density at radius 3 is 2.06 bits per heavy atom. The van der Waals surface area contributed by atoms with Crippen LogP contribution in [0.15, 0.2) is 72.8 Å². The zero-order valence-electron chi connectivity index (χ0n) is 17.9. The van der Waals surface area contributed by atoms with Crippen molar-refractivity contribution in [3.8, 4) is 5.75 Å². The summed E-state index contributed by atoms with van der Waals surface area (Å²) in [6.45, 7) is 6.52. The van der Waals surface area contributed by atoms with E-state index in [2.05, 4.69) is 50.4 Å². The van der Waals surface area contributed by atoms with Crippen LogP contribution in [0.2, 0.25) is 5.02 Å². The quantitative estimate of drug-likeness (QED) is 0.358. The molecule has 0 saturated carbocycles. The number of aryl methyl sites for hydroxylation is 1. The van der Waals surface area contributed by atoms with Crippen molar-refractivity contribution in [1.82, 2.24) is 0 Å². The number of nitrogens with one attached hydrogen (secondary N) is 1. The van der Waals surface area contributed by atoms with Gasteiger partial charge >= 0.3 is 5.97 Å². The van der Waals surface area contributed by atoms with E-state index >= 15 is 0 Å². The third-order valence-corrected chi connectivity index (χ3v) is 5.14. The Kier molecular flexibility index (Phi) is 7.13. The molecule has 0 atom stereocenters. The van der Waals surface area contributed by atoms with Crippen LogP contribution in [0.3, 0.4) is 0 Å². The second kappa shape index (κ2) is 9.80. The first-order valence-corrected chi connectivity index (χ1v) is 10.6. The molecule has 0 spiro atoms. The van der Waals surface area contributed by atoms with E-state index in [0.29, 0.717) is 28.4 Å². The average Bonchev–Trinajstić information content (AvgIpc) is 2.74. The number of carbonyl (C=O) groups excluding carboxylic acids is 2. The maximum atomic E-state index is 12.3. The minimum Gasteiger partial charge on any atom is -0.427 e. The highest BCUT2D eigenvalue weighted by Crippen LogP contribution is 2.23. The third-order valence-electron chi connectivity index (χ3n) is 4.89. The molecule has 0 unspecified atom stereocenters. The number of hydrogen-bond donors (Lipinski definition) is 1. The van der Waals surface area contributed by atoms with Crippen molar-refractivity contribution in [2.75, 3.05) is 5.32 Å². The molecule has 0 aliphatic carbocycles. The van der Waals surface area contributed by atoms with Crippen LogP contribution in [-0.4, -0.2) is 11.9 Å². The standard InChI is InChI=1S/C26H26ClNO3/c1-26(2,3)20-9-4-18(5-10-20)6-17-24(29)31-23-15-7-19(8-16-23)25(30)28-22-13-11-21(27)12-14-22/h4-5,7-16H,6,17H2,1-3H3,(H,28,30). The van der Waals surface area contributed by atoms with Gasteiger partial charge in [-0.05, 0) is 71.5 Å². The van der Waals surface area contributed by atoms with Gasteiger partial charge in [-0.2, -0.15) is 0 Å². The molecule has 31 heavy (non-hydrogen) atoms. The smallest absolute Gasteiger partial charge is 0.311 e. The van der Waals surface area contributed by atoms with Gasteiger partial charge in [-0.15, -0.1) is 0 Å². The highest BCUT2D eigenvalue weighted by Gasteiger charge is 2.13. The van der Waals surface area contributed by atoms with E-state index in [9.17, 15) is 9.59 Å². The molecule has 3 aromatic rings. The maximum absolute atomic E-state index is 12.3. The molecule has 0 radical (unpaired) electrons. The van der Waals surface area contributed by atoms with Crippen LogP contribution in [0.4, 0.5) is 5.69 Å². The number of amides is 1. The first-order valence-electron chi connectivity index (χ1n) is 10.2. The predicted molar refractivity (Wildman–Crippen MR) is 125 cm³/mol. The van der Waals surface area contributed by atoms with Gasteiger partial charge in [0.05, 0.1) is 0 Å². The molecule has 0 saturated heterocycles. The number of ether oxygens (including phenoxy) is 1. The topological polar surface area (TPSA) is 55.4 Å². The van der Waals surface area contributed by atoms with E-state index < -0.39 is 0 Å². The zero-order chi connectivity index (χ0) is 22.4. The normalized spacial score (nSPS) is 11.1. The van der Waals surface area contributed by atoms with Crippen LogP contribution >= 0.6 is 11.6 Å². The number of benzene rings is 3. The lowest BCUT2D eigenvalue weighted by Gasteiger charge is -2.19. The minimum atomic E-state index is -0.307. The fourth-order valence-electron chi connectivity index (χ4n) is 3.01. The van der Waals surface area contributed by atoms with Gasteiger partial charge in [0.2, 0.25) is 0 Å². The van der Waals surface area contributed by atoms with Crippen molar-refractivity contribution in [2.45, 2.75) is 39.0 Å². The Morgan fingerprint density at radius 1 is 0.871 bits per heavy atom. The molecule has 1 amide bonds. The Balaban J connectivity index is 1.50. The highest BCUT2D eigenvalue weighted by atomic mass is 35.5. The van der Waals surface area contributed by atoms with E-state index in [1.54, 1.807) is 48.5 Å². The summed E-state index contributed by atoms with van der Waals surface area (Å²) < 4.78 is 5.39. The molecule has 0 aliphatic heterocycles. The van der Waals surface area contributed by atoms with Crippen LogP contribution in [0, 0.1) is 0 Å². The molecule has 3 aromatic carbocycles. The fraction of sp³-hybridized carbons (Fsp3) is 0.231. The van der Waals surface area contributed by atoms with E-state index in [-0.39, 0.29) is 23.7 Å². The molecule has 0 fully saturated rings. The molecule has 1 N–H and O–H groups in total. The largest absolute Gasteiger partial charge is 0.427 e. The number of hydrogen-bond acceptors (Lipinski definition) is 3. The van der Waals surface area contributed by atoms with Gasteiger partial charge in [0, 0.05) is 22.7 Å². The molecule has 160 valence electrons. The summed E-state index contributed by atoms with van der Waals surface area (Å²) in [6, 6.07) is 21.7. The summed E-state index contributed by atoms with van der Waals surface area (Å²) in [5.41, 5.74) is 3.59. The van der Waals surface area contributed by atoms with Crippen molar-refractivity contribution >= 4 is 29.2 Å². The Labute approximate surface area is 188 Å². The van der Waals surface area contributed by atoms with Gasteiger partial charge in [-0.3, -0.25) is 9.59 Å². The van der Waals surface area contributed by atoms with Gasteiger partial charge in [0.25, 0.3) is 5.91 Å². The molecule has 5 heteroatoms. The van der Waals surface area contributed by atoms with Gasteiger partial charge < -0.3 is 10.1 Å². The van der Waals surface area contributed by atoms with Gasteiger partial charge in [-0.25, -0.2) is 0 Å². The fourth-order valence-corrected chi connectivity index (χ4v) is 3.14. The Morgan fingerprint density at radius 2 is 1.48 bits per heavy atom. The number of anilines is 1. The first-order chi connectivity index (χ1) is 14.7. The van der Waals surface area contributed by atoms with Crippen LogP contribution in [0.5, 0.6) is 5.75 Å². The molecule has 0 bridgehead atoms. The van der Waals surface area contributed by atoms with Crippen molar-refractivity contribution in [3.05, 3.63) is 94.5 Å². The molecule has 4 nitrogen and oxygen atoms in total. The molecule has 0 aromatic heterocycles. The summed E-state index contributed by atoms with van der Waals surface area (Å²) in [5, 5.41) is 3.39. The SMILES string of the molecule is CC(C)(C)c1ccc(CCC(=O)Oc2ccc(C(=O)Nc3ccc(Cl)cc3)cc2)cc1. The number of halogens is 1. The summed E-state index contributed by atoms with van der Waals surface area (Å²) in [7, 11) is 0. The van der Waals surface area contributed by atoms with E-state index in [4.69, 9.17) is 16.3 Å². The van der Waals surface area contributed by atoms with Crippen molar-refractivity contribution in [2.24, 2.45) is 0 Å². The second-order valence-electron chi connectivity index (χ2n) is 8.41. The lowest BCUT2D eigenvalue weighted by atomic mass is 9.86. The molecular weight excluding hydrogens is 410 g/mol. The molecule has 0 aliphatic rings. The summed E-state index contributed by atoms with van der Waals surface area (Å²) in [6.07, 6.45) is 0.901. The summed E-state index contributed by atoms with van der Waals surface area (Å²) in [4.78, 5) is 24.5. The minimum absolute atomic E-state index is 0.106. The van der Waals surface area contributed by atoms with E-state index in [0.717, 1.165) is 5.56 Å². The predicted octanol–water partition coefficient (Wildman–Crippen LogP) is 6.43.